The van der Waals surface area contributed by atoms with Crippen LogP contribution in [0.2, 0.25) is 0 Å². The Kier molecular flexibility index (Phi) is 7.38. The van der Waals surface area contributed by atoms with Crippen LogP contribution in [0.1, 0.15) is 11.1 Å². The van der Waals surface area contributed by atoms with Crippen LogP contribution in [0.4, 0.5) is 10.5 Å². The molecule has 0 atom stereocenters. The minimum absolute atomic E-state index is 0.263. The molecule has 6 heteroatoms. The van der Waals surface area contributed by atoms with E-state index < -0.39 is 0 Å². The first-order chi connectivity index (χ1) is 13.0. The number of benzene rings is 2. The molecule has 0 radical (unpaired) electrons. The highest BCUT2D eigenvalue weighted by atomic mass is 16.5. The molecule has 0 saturated heterocycles. The summed E-state index contributed by atoms with van der Waals surface area (Å²) in [6.07, 6.45) is 0. The van der Waals surface area contributed by atoms with Crippen molar-refractivity contribution in [2.75, 3.05) is 39.8 Å². The number of anilines is 1. The summed E-state index contributed by atoms with van der Waals surface area (Å²) in [5.74, 6) is 7.34. The minimum atomic E-state index is -0.278. The Labute approximate surface area is 160 Å². The lowest BCUT2D eigenvalue weighted by atomic mass is 10.1. The lowest BCUT2D eigenvalue weighted by molar-refractivity contribution is 0.241. The highest BCUT2D eigenvalue weighted by Gasteiger charge is 2.05. The van der Waals surface area contributed by atoms with Crippen LogP contribution in [0.3, 0.4) is 0 Å². The third-order valence-corrected chi connectivity index (χ3v) is 3.85. The van der Waals surface area contributed by atoms with E-state index in [1.807, 2.05) is 55.4 Å². The molecule has 0 aliphatic rings. The van der Waals surface area contributed by atoms with Crippen LogP contribution in [0, 0.1) is 11.8 Å². The first kappa shape index (κ1) is 20.0. The molecule has 2 aromatic rings. The summed E-state index contributed by atoms with van der Waals surface area (Å²) in [6.45, 7) is 0.641. The normalized spacial score (nSPS) is 9.63. The maximum absolute atomic E-state index is 11.9. The van der Waals surface area contributed by atoms with E-state index in [1.54, 1.807) is 20.3 Å². The molecule has 0 fully saturated rings. The Morgan fingerprint density at radius 1 is 1.04 bits per heavy atom. The summed E-state index contributed by atoms with van der Waals surface area (Å²) in [5.41, 5.74) is 2.88. The maximum Gasteiger partial charge on any atom is 0.315 e. The highest BCUT2D eigenvalue weighted by molar-refractivity contribution is 5.74. The fourth-order valence-electron chi connectivity index (χ4n) is 2.47. The van der Waals surface area contributed by atoms with E-state index in [1.165, 1.54) is 0 Å². The van der Waals surface area contributed by atoms with Crippen LogP contribution in [0.25, 0.3) is 0 Å². The fourth-order valence-corrected chi connectivity index (χ4v) is 2.47. The molecule has 142 valence electrons. The molecule has 0 bridgehead atoms. The maximum atomic E-state index is 11.9. The van der Waals surface area contributed by atoms with Crippen molar-refractivity contribution in [2.45, 2.75) is 6.54 Å². The van der Waals surface area contributed by atoms with Crippen LogP contribution in [0.15, 0.2) is 42.5 Å². The SMILES string of the molecule is COc1ccc(CNC(=O)NCC#Cc2ccccc2N(C)C)cc1OC. The summed E-state index contributed by atoms with van der Waals surface area (Å²) < 4.78 is 10.5. The van der Waals surface area contributed by atoms with E-state index in [0.717, 1.165) is 16.8 Å². The van der Waals surface area contributed by atoms with Gasteiger partial charge in [-0.2, -0.15) is 0 Å². The number of para-hydroxylation sites is 1. The summed E-state index contributed by atoms with van der Waals surface area (Å²) in [6, 6.07) is 13.1. The van der Waals surface area contributed by atoms with E-state index in [4.69, 9.17) is 9.47 Å². The van der Waals surface area contributed by atoms with E-state index >= 15 is 0 Å². The van der Waals surface area contributed by atoms with Gasteiger partial charge in [-0.1, -0.05) is 30.0 Å². The molecule has 0 saturated carbocycles. The molecule has 0 spiro atoms. The van der Waals surface area contributed by atoms with E-state index in [0.29, 0.717) is 18.0 Å². The van der Waals surface area contributed by atoms with Gasteiger partial charge in [0.2, 0.25) is 0 Å². The van der Waals surface area contributed by atoms with Gasteiger partial charge < -0.3 is 25.0 Å². The largest absolute Gasteiger partial charge is 0.493 e. The zero-order chi connectivity index (χ0) is 19.6. The molecule has 6 nitrogen and oxygen atoms in total. The van der Waals surface area contributed by atoms with Gasteiger partial charge in [-0.15, -0.1) is 0 Å². The van der Waals surface area contributed by atoms with Crippen LogP contribution < -0.4 is 25.0 Å². The molecule has 0 aliphatic carbocycles. The Bertz CT molecular complexity index is 838. The number of amides is 2. The van der Waals surface area contributed by atoms with Gasteiger partial charge in [-0.05, 0) is 29.8 Å². The molecule has 27 heavy (non-hydrogen) atoms. The van der Waals surface area contributed by atoms with Crippen molar-refractivity contribution in [1.82, 2.24) is 10.6 Å². The predicted molar refractivity (Wildman–Crippen MR) is 107 cm³/mol. The third kappa shape index (κ3) is 5.86. The van der Waals surface area contributed by atoms with Gasteiger partial charge in [0.15, 0.2) is 11.5 Å². The summed E-state index contributed by atoms with van der Waals surface area (Å²) in [5, 5.41) is 5.52. The van der Waals surface area contributed by atoms with E-state index in [-0.39, 0.29) is 12.6 Å². The van der Waals surface area contributed by atoms with E-state index in [9.17, 15) is 4.79 Å². The number of methoxy groups -OCH3 is 2. The number of nitrogens with one attached hydrogen (secondary N) is 2. The van der Waals surface area contributed by atoms with Gasteiger partial charge in [0.1, 0.15) is 0 Å². The molecule has 0 aromatic heterocycles. The molecular formula is C21H25N3O3. The molecule has 0 unspecified atom stereocenters. The second-order valence-corrected chi connectivity index (χ2v) is 5.94. The second kappa shape index (κ2) is 9.97. The first-order valence-corrected chi connectivity index (χ1v) is 8.53. The number of hydrogen-bond acceptors (Lipinski definition) is 4. The molecule has 0 aliphatic heterocycles. The topological polar surface area (TPSA) is 62.8 Å². The summed E-state index contributed by atoms with van der Waals surface area (Å²) in [4.78, 5) is 13.9. The number of ether oxygens (including phenoxy) is 2. The Morgan fingerprint density at radius 2 is 1.78 bits per heavy atom. The van der Waals surface area contributed by atoms with Crippen molar-refractivity contribution >= 4 is 11.7 Å². The third-order valence-electron chi connectivity index (χ3n) is 3.85. The monoisotopic (exact) mass is 367 g/mol. The predicted octanol–water partition coefficient (Wildman–Crippen LogP) is 2.62. The molecule has 2 aromatic carbocycles. The van der Waals surface area contributed by atoms with Gasteiger partial charge in [0.05, 0.1) is 26.5 Å². The van der Waals surface area contributed by atoms with E-state index in [2.05, 4.69) is 22.5 Å². The van der Waals surface area contributed by atoms with Crippen LogP contribution in [0.5, 0.6) is 11.5 Å². The lowest BCUT2D eigenvalue weighted by Crippen LogP contribution is -2.35. The van der Waals surface area contributed by atoms with Crippen LogP contribution >= 0.6 is 0 Å². The molecule has 0 heterocycles. The highest BCUT2D eigenvalue weighted by Crippen LogP contribution is 2.27. The van der Waals surface area contributed by atoms with Crippen molar-refractivity contribution in [3.8, 4) is 23.3 Å². The minimum Gasteiger partial charge on any atom is -0.493 e. The molecule has 2 N–H and O–H groups in total. The lowest BCUT2D eigenvalue weighted by Gasteiger charge is -2.13. The second-order valence-electron chi connectivity index (χ2n) is 5.94. The molecular weight excluding hydrogens is 342 g/mol. The summed E-state index contributed by atoms with van der Waals surface area (Å²) >= 11 is 0. The van der Waals surface area contributed by atoms with Gasteiger partial charge in [-0.25, -0.2) is 4.79 Å². The quantitative estimate of drug-likeness (QED) is 0.771. The number of hydrogen-bond donors (Lipinski definition) is 2. The first-order valence-electron chi connectivity index (χ1n) is 8.53. The molecule has 2 amide bonds. The van der Waals surface area contributed by atoms with Crippen molar-refractivity contribution in [2.24, 2.45) is 0 Å². The smallest absolute Gasteiger partial charge is 0.315 e. The van der Waals surface area contributed by atoms with Gasteiger partial charge >= 0.3 is 6.03 Å². The van der Waals surface area contributed by atoms with Gasteiger partial charge in [0.25, 0.3) is 0 Å². The zero-order valence-corrected chi connectivity index (χ0v) is 16.1. The number of carbonyl (C=O) groups excluding carboxylic acids is 1. The van der Waals surface area contributed by atoms with Gasteiger partial charge in [-0.3, -0.25) is 0 Å². The fraction of sp³-hybridized carbons (Fsp3) is 0.286. The number of nitrogens with zero attached hydrogens (tertiary/aromatic N) is 1. The average molecular weight is 367 g/mol. The standard InChI is InChI=1S/C21H25N3O3/c1-24(2)18-10-6-5-8-17(18)9-7-13-22-21(25)23-15-16-11-12-19(26-3)20(14-16)27-4/h5-6,8,10-12,14H,13,15H2,1-4H3,(H2,22,23,25). The summed E-state index contributed by atoms with van der Waals surface area (Å²) in [7, 11) is 7.11. The van der Waals surface area contributed by atoms with Crippen LogP contribution in [-0.2, 0) is 6.54 Å². The van der Waals surface area contributed by atoms with Crippen LogP contribution in [-0.4, -0.2) is 40.9 Å². The van der Waals surface area contributed by atoms with Crippen molar-refractivity contribution in [1.29, 1.82) is 0 Å². The Balaban J connectivity index is 1.84. The Hall–Kier alpha value is -3.33. The van der Waals surface area contributed by atoms with Crippen molar-refractivity contribution < 1.29 is 14.3 Å². The zero-order valence-electron chi connectivity index (χ0n) is 16.1. The molecule has 2 rings (SSSR count). The Morgan fingerprint density at radius 3 is 2.48 bits per heavy atom. The number of rotatable bonds is 6. The number of carbonyl (C=O) groups is 1. The number of urea groups is 1. The average Bonchev–Trinajstić information content (AvgIpc) is 2.69. The van der Waals surface area contributed by atoms with Crippen molar-refractivity contribution in [3.05, 3.63) is 53.6 Å². The van der Waals surface area contributed by atoms with Gasteiger partial charge in [0, 0.05) is 26.2 Å². The van der Waals surface area contributed by atoms with Crippen molar-refractivity contribution in [3.63, 3.8) is 0 Å².